The van der Waals surface area contributed by atoms with Gasteiger partial charge in [-0.25, -0.2) is 0 Å². The number of hydrogen-bond donors (Lipinski definition) is 1. The molecule has 0 saturated heterocycles. The van der Waals surface area contributed by atoms with Crippen LogP contribution in [0.2, 0.25) is 0 Å². The van der Waals surface area contributed by atoms with Crippen LogP contribution in [0.3, 0.4) is 0 Å². The van der Waals surface area contributed by atoms with E-state index in [1.54, 1.807) is 23.5 Å². The maximum Gasteiger partial charge on any atom is 0.324 e. The second-order valence-corrected chi connectivity index (χ2v) is 6.39. The van der Waals surface area contributed by atoms with Crippen molar-refractivity contribution < 1.29 is 4.92 Å². The maximum atomic E-state index is 10.5. The zero-order valence-electron chi connectivity index (χ0n) is 8.68. The van der Waals surface area contributed by atoms with E-state index >= 15 is 0 Å². The summed E-state index contributed by atoms with van der Waals surface area (Å²) < 4.78 is 1.09. The number of hydrogen-bond acceptors (Lipinski definition) is 5. The van der Waals surface area contributed by atoms with Gasteiger partial charge in [-0.3, -0.25) is 10.1 Å². The van der Waals surface area contributed by atoms with E-state index in [1.165, 1.54) is 16.2 Å². The first-order valence-electron chi connectivity index (χ1n) is 4.82. The Morgan fingerprint density at radius 3 is 2.71 bits per heavy atom. The van der Waals surface area contributed by atoms with E-state index in [1.807, 2.05) is 5.38 Å². The van der Waals surface area contributed by atoms with Gasteiger partial charge < -0.3 is 5.32 Å². The summed E-state index contributed by atoms with van der Waals surface area (Å²) >= 11 is 6.29. The van der Waals surface area contributed by atoms with E-state index < -0.39 is 0 Å². The number of thiophene rings is 2. The zero-order valence-corrected chi connectivity index (χ0v) is 11.9. The highest BCUT2D eigenvalue weighted by Crippen LogP contribution is 2.24. The minimum Gasteiger partial charge on any atom is -0.307 e. The molecule has 0 bridgehead atoms. The van der Waals surface area contributed by atoms with E-state index in [9.17, 15) is 10.1 Å². The van der Waals surface area contributed by atoms with Gasteiger partial charge in [0.15, 0.2) is 0 Å². The minimum atomic E-state index is -0.357. The molecule has 2 aromatic rings. The molecule has 0 atom stereocenters. The van der Waals surface area contributed by atoms with Crippen molar-refractivity contribution >= 4 is 43.6 Å². The summed E-state index contributed by atoms with van der Waals surface area (Å²) in [5.74, 6) is 0. The SMILES string of the molecule is O=[N+]([O-])c1ccc(CNCc2cc(Br)cs2)s1. The molecule has 7 heteroatoms. The molecule has 0 aromatic carbocycles. The molecule has 0 aliphatic rings. The molecule has 0 radical (unpaired) electrons. The van der Waals surface area contributed by atoms with Crippen molar-refractivity contribution in [1.29, 1.82) is 0 Å². The summed E-state index contributed by atoms with van der Waals surface area (Å²) in [4.78, 5) is 12.4. The van der Waals surface area contributed by atoms with Crippen LogP contribution < -0.4 is 5.32 Å². The molecule has 17 heavy (non-hydrogen) atoms. The molecule has 0 unspecified atom stereocenters. The van der Waals surface area contributed by atoms with Gasteiger partial charge >= 0.3 is 5.00 Å². The number of nitrogens with zero attached hydrogens (tertiary/aromatic N) is 1. The van der Waals surface area contributed by atoms with Gasteiger partial charge in [0.25, 0.3) is 0 Å². The monoisotopic (exact) mass is 332 g/mol. The van der Waals surface area contributed by atoms with Gasteiger partial charge in [0.1, 0.15) is 0 Å². The summed E-state index contributed by atoms with van der Waals surface area (Å²) in [7, 11) is 0. The Hall–Kier alpha value is -0.760. The summed E-state index contributed by atoms with van der Waals surface area (Å²) in [5.41, 5.74) is 0. The Balaban J connectivity index is 1.83. The molecule has 0 amide bonds. The van der Waals surface area contributed by atoms with Crippen molar-refractivity contribution in [2.45, 2.75) is 13.1 Å². The summed E-state index contributed by atoms with van der Waals surface area (Å²) in [6, 6.07) is 5.40. The highest BCUT2D eigenvalue weighted by molar-refractivity contribution is 9.10. The maximum absolute atomic E-state index is 10.5. The van der Waals surface area contributed by atoms with Crippen molar-refractivity contribution in [3.05, 3.63) is 47.9 Å². The summed E-state index contributed by atoms with van der Waals surface area (Å²) in [6.45, 7) is 1.44. The average Bonchev–Trinajstić information content (AvgIpc) is 2.88. The lowest BCUT2D eigenvalue weighted by Gasteiger charge is -1.99. The first-order chi connectivity index (χ1) is 8.15. The largest absolute Gasteiger partial charge is 0.324 e. The standard InChI is InChI=1S/C10H9BrN2O2S2/c11-7-3-9(16-6-7)5-12-4-8-1-2-10(17-8)13(14)15/h1-3,6,12H,4-5H2. The van der Waals surface area contributed by atoms with Crippen molar-refractivity contribution in [3.63, 3.8) is 0 Å². The van der Waals surface area contributed by atoms with E-state index in [-0.39, 0.29) is 9.92 Å². The minimum absolute atomic E-state index is 0.195. The molecule has 0 aliphatic carbocycles. The van der Waals surface area contributed by atoms with Gasteiger partial charge in [0, 0.05) is 38.8 Å². The fraction of sp³-hybridized carbons (Fsp3) is 0.200. The molecule has 2 rings (SSSR count). The lowest BCUT2D eigenvalue weighted by atomic mass is 10.4. The third kappa shape index (κ3) is 3.60. The molecular formula is C10H9BrN2O2S2. The van der Waals surface area contributed by atoms with Crippen molar-refractivity contribution in [2.24, 2.45) is 0 Å². The average molecular weight is 333 g/mol. The van der Waals surface area contributed by atoms with Gasteiger partial charge in [-0.15, -0.1) is 11.3 Å². The van der Waals surface area contributed by atoms with E-state index in [2.05, 4.69) is 27.3 Å². The zero-order chi connectivity index (χ0) is 12.3. The smallest absolute Gasteiger partial charge is 0.307 e. The fourth-order valence-corrected chi connectivity index (χ4v) is 3.53. The van der Waals surface area contributed by atoms with Crippen molar-refractivity contribution in [3.8, 4) is 0 Å². The van der Waals surface area contributed by atoms with E-state index in [4.69, 9.17) is 0 Å². The van der Waals surface area contributed by atoms with Crippen LogP contribution in [0.4, 0.5) is 5.00 Å². The van der Waals surface area contributed by atoms with Crippen LogP contribution in [-0.2, 0) is 13.1 Å². The first kappa shape index (κ1) is 12.7. The summed E-state index contributed by atoms with van der Waals surface area (Å²) in [6.07, 6.45) is 0. The van der Waals surface area contributed by atoms with E-state index in [0.717, 1.165) is 15.9 Å². The van der Waals surface area contributed by atoms with Crippen LogP contribution in [-0.4, -0.2) is 4.92 Å². The first-order valence-corrected chi connectivity index (χ1v) is 7.31. The Morgan fingerprint density at radius 2 is 2.12 bits per heavy atom. The molecule has 4 nitrogen and oxygen atoms in total. The molecule has 0 saturated carbocycles. The van der Waals surface area contributed by atoms with Crippen molar-refractivity contribution in [1.82, 2.24) is 5.32 Å². The van der Waals surface area contributed by atoms with Gasteiger partial charge in [0.05, 0.1) is 4.92 Å². The second kappa shape index (κ2) is 5.72. The lowest BCUT2D eigenvalue weighted by Crippen LogP contribution is -2.10. The highest BCUT2D eigenvalue weighted by atomic mass is 79.9. The Kier molecular flexibility index (Phi) is 4.27. The van der Waals surface area contributed by atoms with Gasteiger partial charge in [0.2, 0.25) is 0 Å². The van der Waals surface area contributed by atoms with Gasteiger partial charge in [-0.05, 0) is 28.1 Å². The van der Waals surface area contributed by atoms with Gasteiger partial charge in [-0.1, -0.05) is 11.3 Å². The number of halogens is 1. The highest BCUT2D eigenvalue weighted by Gasteiger charge is 2.09. The summed E-state index contributed by atoms with van der Waals surface area (Å²) in [5, 5.41) is 16.0. The molecule has 2 heterocycles. The molecular weight excluding hydrogens is 324 g/mol. The van der Waals surface area contributed by atoms with Gasteiger partial charge in [-0.2, -0.15) is 0 Å². The number of nitrogens with one attached hydrogen (secondary N) is 1. The third-order valence-corrected chi connectivity index (χ3v) is 4.78. The predicted octanol–water partition coefficient (Wildman–Crippen LogP) is 3.77. The van der Waals surface area contributed by atoms with Crippen LogP contribution in [0.1, 0.15) is 9.75 Å². The molecule has 0 aliphatic heterocycles. The number of nitro groups is 1. The van der Waals surface area contributed by atoms with Crippen LogP contribution >= 0.6 is 38.6 Å². The van der Waals surface area contributed by atoms with E-state index in [0.29, 0.717) is 6.54 Å². The quantitative estimate of drug-likeness (QED) is 0.669. The Bertz CT molecular complexity index is 524. The normalized spacial score (nSPS) is 10.6. The topological polar surface area (TPSA) is 55.2 Å². The second-order valence-electron chi connectivity index (χ2n) is 3.33. The van der Waals surface area contributed by atoms with Crippen LogP contribution in [0.5, 0.6) is 0 Å². The molecule has 90 valence electrons. The Morgan fingerprint density at radius 1 is 1.35 bits per heavy atom. The van der Waals surface area contributed by atoms with Crippen molar-refractivity contribution in [2.75, 3.05) is 0 Å². The number of rotatable bonds is 5. The van der Waals surface area contributed by atoms with Crippen LogP contribution in [0, 0.1) is 10.1 Å². The molecule has 1 N–H and O–H groups in total. The third-order valence-electron chi connectivity index (χ3n) is 2.05. The molecule has 2 aromatic heterocycles. The molecule has 0 fully saturated rings. The predicted molar refractivity (Wildman–Crippen MR) is 73.5 cm³/mol. The Labute approximate surface area is 115 Å². The van der Waals surface area contributed by atoms with Crippen LogP contribution in [0.25, 0.3) is 0 Å². The molecule has 0 spiro atoms. The lowest BCUT2D eigenvalue weighted by molar-refractivity contribution is -0.380. The van der Waals surface area contributed by atoms with Crippen LogP contribution in [0.15, 0.2) is 28.1 Å². The fourth-order valence-electron chi connectivity index (χ4n) is 1.32.